The average Bonchev–Trinajstić information content (AvgIpc) is 2.38. The van der Waals surface area contributed by atoms with Crippen LogP contribution >= 0.6 is 23.2 Å². The van der Waals surface area contributed by atoms with E-state index in [1.165, 1.54) is 0 Å². The van der Waals surface area contributed by atoms with Crippen LogP contribution in [0.15, 0.2) is 36.4 Å². The summed E-state index contributed by atoms with van der Waals surface area (Å²) in [6.45, 7) is 2.64. The fourth-order valence-corrected chi connectivity index (χ4v) is 2.15. The van der Waals surface area contributed by atoms with Crippen LogP contribution in [0.3, 0.4) is 0 Å². The monoisotopic (exact) mass is 295 g/mol. The molecule has 2 aromatic carbocycles. The van der Waals surface area contributed by atoms with E-state index in [9.17, 15) is 0 Å². The van der Waals surface area contributed by atoms with E-state index in [4.69, 9.17) is 27.9 Å². The van der Waals surface area contributed by atoms with Crippen molar-refractivity contribution in [3.05, 3.63) is 57.6 Å². The molecular formula is C15H15Cl2NO. The first-order chi connectivity index (χ1) is 9.11. The molecule has 2 nitrogen and oxygen atoms in total. The summed E-state index contributed by atoms with van der Waals surface area (Å²) in [4.78, 5) is 0. The Hall–Kier alpha value is -1.22. The fourth-order valence-electron chi connectivity index (χ4n) is 1.80. The van der Waals surface area contributed by atoms with E-state index in [1.807, 2.05) is 50.4 Å². The molecule has 0 fully saturated rings. The first kappa shape index (κ1) is 14.2. The minimum absolute atomic E-state index is 0.598. The zero-order chi connectivity index (χ0) is 13.8. The molecule has 0 heterocycles. The lowest BCUT2D eigenvalue weighted by Crippen LogP contribution is -2.06. The second-order valence-electron chi connectivity index (χ2n) is 4.27. The summed E-state index contributed by atoms with van der Waals surface area (Å²) in [6.07, 6.45) is 0. The number of benzene rings is 2. The molecule has 0 spiro atoms. The Morgan fingerprint density at radius 2 is 1.89 bits per heavy atom. The van der Waals surface area contributed by atoms with Crippen molar-refractivity contribution in [3.63, 3.8) is 0 Å². The number of halogens is 2. The standard InChI is InChI=1S/C15H15Cl2NO/c1-10-8-12(6-7-13(10)16)19-15-11(9-18-2)4-3-5-14(15)17/h3-8,18H,9H2,1-2H3. The van der Waals surface area contributed by atoms with Crippen LogP contribution in [-0.4, -0.2) is 7.05 Å². The lowest BCUT2D eigenvalue weighted by atomic mass is 10.2. The van der Waals surface area contributed by atoms with Gasteiger partial charge in [0.05, 0.1) is 5.02 Å². The minimum Gasteiger partial charge on any atom is -0.455 e. The maximum Gasteiger partial charge on any atom is 0.150 e. The maximum atomic E-state index is 6.21. The summed E-state index contributed by atoms with van der Waals surface area (Å²) in [7, 11) is 1.89. The van der Waals surface area contributed by atoms with Gasteiger partial charge in [-0.3, -0.25) is 0 Å². The highest BCUT2D eigenvalue weighted by molar-refractivity contribution is 6.32. The first-order valence-corrected chi connectivity index (χ1v) is 6.73. The van der Waals surface area contributed by atoms with Crippen LogP contribution in [0.2, 0.25) is 10.0 Å². The van der Waals surface area contributed by atoms with E-state index in [0.717, 1.165) is 21.9 Å². The second-order valence-corrected chi connectivity index (χ2v) is 5.09. The Balaban J connectivity index is 2.34. The van der Waals surface area contributed by atoms with E-state index in [-0.39, 0.29) is 0 Å². The van der Waals surface area contributed by atoms with Crippen molar-refractivity contribution in [2.45, 2.75) is 13.5 Å². The summed E-state index contributed by atoms with van der Waals surface area (Å²) in [5.74, 6) is 1.41. The van der Waals surface area contributed by atoms with Crippen LogP contribution in [0, 0.1) is 6.92 Å². The fraction of sp³-hybridized carbons (Fsp3) is 0.200. The third-order valence-corrected chi connectivity index (χ3v) is 3.49. The highest BCUT2D eigenvalue weighted by Crippen LogP contribution is 2.34. The predicted octanol–water partition coefficient (Wildman–Crippen LogP) is 4.81. The van der Waals surface area contributed by atoms with Crippen molar-refractivity contribution in [2.24, 2.45) is 0 Å². The quantitative estimate of drug-likeness (QED) is 0.874. The molecule has 0 amide bonds. The molecule has 0 saturated carbocycles. The molecule has 0 aliphatic rings. The zero-order valence-corrected chi connectivity index (χ0v) is 12.3. The number of aryl methyl sites for hydroxylation is 1. The molecule has 1 N–H and O–H groups in total. The third-order valence-electron chi connectivity index (χ3n) is 2.77. The van der Waals surface area contributed by atoms with Gasteiger partial charge in [0.15, 0.2) is 0 Å². The molecule has 2 aromatic rings. The van der Waals surface area contributed by atoms with Crippen LogP contribution in [-0.2, 0) is 6.54 Å². The van der Waals surface area contributed by atoms with Crippen LogP contribution in [0.4, 0.5) is 0 Å². The number of ether oxygens (including phenoxy) is 1. The number of hydrogen-bond acceptors (Lipinski definition) is 2. The second kappa shape index (κ2) is 6.29. The van der Waals surface area contributed by atoms with Crippen molar-refractivity contribution in [2.75, 3.05) is 7.05 Å². The molecule has 0 saturated heterocycles. The van der Waals surface area contributed by atoms with Crippen molar-refractivity contribution in [1.29, 1.82) is 0 Å². The van der Waals surface area contributed by atoms with Gasteiger partial charge in [-0.1, -0.05) is 35.3 Å². The number of rotatable bonds is 4. The van der Waals surface area contributed by atoms with Crippen LogP contribution < -0.4 is 10.1 Å². The highest BCUT2D eigenvalue weighted by atomic mass is 35.5. The predicted molar refractivity (Wildman–Crippen MR) is 80.5 cm³/mol. The smallest absolute Gasteiger partial charge is 0.150 e. The summed E-state index contributed by atoms with van der Waals surface area (Å²) < 4.78 is 5.90. The van der Waals surface area contributed by atoms with Gasteiger partial charge in [-0.05, 0) is 43.8 Å². The van der Waals surface area contributed by atoms with Crippen molar-refractivity contribution in [1.82, 2.24) is 5.32 Å². The summed E-state index contributed by atoms with van der Waals surface area (Å²) in [5, 5.41) is 4.42. The van der Waals surface area contributed by atoms with Crippen LogP contribution in [0.25, 0.3) is 0 Å². The van der Waals surface area contributed by atoms with Gasteiger partial charge in [-0.25, -0.2) is 0 Å². The molecule has 0 aliphatic carbocycles. The van der Waals surface area contributed by atoms with Gasteiger partial charge in [-0.15, -0.1) is 0 Å². The summed E-state index contributed by atoms with van der Waals surface area (Å²) in [5.41, 5.74) is 1.99. The largest absolute Gasteiger partial charge is 0.455 e. The first-order valence-electron chi connectivity index (χ1n) is 5.98. The molecule has 100 valence electrons. The molecule has 19 heavy (non-hydrogen) atoms. The maximum absolute atomic E-state index is 6.21. The summed E-state index contributed by atoms with van der Waals surface area (Å²) >= 11 is 12.2. The Morgan fingerprint density at radius 1 is 1.11 bits per heavy atom. The number of nitrogens with one attached hydrogen (secondary N) is 1. The van der Waals surface area contributed by atoms with E-state index in [2.05, 4.69) is 5.32 Å². The Labute approximate surface area is 123 Å². The SMILES string of the molecule is CNCc1cccc(Cl)c1Oc1ccc(Cl)c(C)c1. The van der Waals surface area contributed by atoms with Gasteiger partial charge < -0.3 is 10.1 Å². The minimum atomic E-state index is 0.598. The van der Waals surface area contributed by atoms with Gasteiger partial charge in [-0.2, -0.15) is 0 Å². The molecule has 0 unspecified atom stereocenters. The van der Waals surface area contributed by atoms with Gasteiger partial charge in [0, 0.05) is 17.1 Å². The van der Waals surface area contributed by atoms with E-state index < -0.39 is 0 Å². The van der Waals surface area contributed by atoms with E-state index in [1.54, 1.807) is 0 Å². The number of hydrogen-bond donors (Lipinski definition) is 1. The molecule has 0 aromatic heterocycles. The van der Waals surface area contributed by atoms with Crippen LogP contribution in [0.5, 0.6) is 11.5 Å². The van der Waals surface area contributed by atoms with Gasteiger partial charge >= 0.3 is 0 Å². The molecular weight excluding hydrogens is 281 g/mol. The molecule has 4 heteroatoms. The normalized spacial score (nSPS) is 10.5. The zero-order valence-electron chi connectivity index (χ0n) is 10.8. The van der Waals surface area contributed by atoms with E-state index >= 15 is 0 Å². The van der Waals surface area contributed by atoms with Crippen LogP contribution in [0.1, 0.15) is 11.1 Å². The van der Waals surface area contributed by atoms with E-state index in [0.29, 0.717) is 17.3 Å². The molecule has 0 bridgehead atoms. The molecule has 0 radical (unpaired) electrons. The Kier molecular flexibility index (Phi) is 4.70. The van der Waals surface area contributed by atoms with Crippen molar-refractivity contribution in [3.8, 4) is 11.5 Å². The molecule has 0 aliphatic heterocycles. The van der Waals surface area contributed by atoms with Crippen molar-refractivity contribution < 1.29 is 4.74 Å². The van der Waals surface area contributed by atoms with Crippen molar-refractivity contribution >= 4 is 23.2 Å². The Morgan fingerprint density at radius 3 is 2.58 bits per heavy atom. The molecule has 0 atom stereocenters. The lowest BCUT2D eigenvalue weighted by molar-refractivity contribution is 0.474. The Bertz CT molecular complexity index is 584. The summed E-state index contributed by atoms with van der Waals surface area (Å²) in [6, 6.07) is 11.3. The molecule has 2 rings (SSSR count). The third kappa shape index (κ3) is 3.41. The van der Waals surface area contributed by atoms with Gasteiger partial charge in [0.1, 0.15) is 11.5 Å². The number of para-hydroxylation sites is 1. The lowest BCUT2D eigenvalue weighted by Gasteiger charge is -2.13. The topological polar surface area (TPSA) is 21.3 Å². The highest BCUT2D eigenvalue weighted by Gasteiger charge is 2.09. The average molecular weight is 296 g/mol. The van der Waals surface area contributed by atoms with Gasteiger partial charge in [0.2, 0.25) is 0 Å². The van der Waals surface area contributed by atoms with Gasteiger partial charge in [0.25, 0.3) is 0 Å².